The number of hydrogen-bond donors (Lipinski definition) is 3. The summed E-state index contributed by atoms with van der Waals surface area (Å²) in [7, 11) is 1.54. The Labute approximate surface area is 285 Å². The first kappa shape index (κ1) is 32.5. The molecular formula is C37H30IN3O4S. The Morgan fingerprint density at radius 2 is 1.41 bits per heavy atom. The minimum atomic E-state index is -0.558. The first-order valence-electron chi connectivity index (χ1n) is 14.3. The fraction of sp³-hybridized carbons (Fsp3) is 0.0541. The maximum Gasteiger partial charge on any atom is 0.272 e. The molecule has 0 fully saturated rings. The Morgan fingerprint density at radius 1 is 0.739 bits per heavy atom. The molecule has 0 spiro atoms. The molecular weight excluding hydrogens is 709 g/mol. The van der Waals surface area contributed by atoms with Gasteiger partial charge >= 0.3 is 0 Å². The van der Waals surface area contributed by atoms with Crippen LogP contribution in [-0.4, -0.2) is 24.8 Å². The van der Waals surface area contributed by atoms with E-state index < -0.39 is 17.1 Å². The van der Waals surface area contributed by atoms with Crippen molar-refractivity contribution in [1.82, 2.24) is 5.32 Å². The Kier molecular flexibility index (Phi) is 11.3. The molecule has 46 heavy (non-hydrogen) atoms. The zero-order valence-corrected chi connectivity index (χ0v) is 27.7. The van der Waals surface area contributed by atoms with E-state index >= 15 is 0 Å². The summed E-state index contributed by atoms with van der Waals surface area (Å²) < 4.78 is 6.53. The van der Waals surface area contributed by atoms with Crippen LogP contribution >= 0.6 is 34.4 Å². The Balaban J connectivity index is 1.39. The van der Waals surface area contributed by atoms with Gasteiger partial charge in [-0.1, -0.05) is 72.8 Å². The van der Waals surface area contributed by atoms with Crippen LogP contribution in [0.25, 0.3) is 6.08 Å². The van der Waals surface area contributed by atoms with Crippen molar-refractivity contribution in [3.05, 3.63) is 159 Å². The van der Waals surface area contributed by atoms with E-state index in [1.54, 1.807) is 61.7 Å². The van der Waals surface area contributed by atoms with Gasteiger partial charge < -0.3 is 20.7 Å². The topological polar surface area (TPSA) is 96.5 Å². The van der Waals surface area contributed by atoms with Crippen LogP contribution in [-0.2, 0) is 9.59 Å². The zero-order valence-electron chi connectivity index (χ0n) is 24.8. The van der Waals surface area contributed by atoms with Crippen molar-refractivity contribution in [3.8, 4) is 5.75 Å². The first-order valence-corrected chi connectivity index (χ1v) is 16.3. The maximum absolute atomic E-state index is 13.7. The second kappa shape index (κ2) is 15.9. The standard InChI is InChI=1S/C37H30IN3O4S/c1-45-33-18-9-8-15-27(33)23-32(41-35(42)26-13-6-3-7-14-26)36(43)40-30-16-10-17-31(24-30)46-34(25-11-4-2-5-12-25)37(44)39-29-21-19-28(38)20-22-29/h2-24,34H,1H3,(H,39,44)(H,40,43)(H,41,42)/b32-23+. The van der Waals surface area contributed by atoms with E-state index in [1.165, 1.54) is 11.8 Å². The SMILES string of the molecule is COc1ccccc1/C=C(/NC(=O)c1ccccc1)C(=O)Nc1cccc(SC(C(=O)Nc2ccc(I)cc2)c2ccccc2)c1. The van der Waals surface area contributed by atoms with E-state index in [-0.39, 0.29) is 11.6 Å². The third kappa shape index (κ3) is 8.86. The average Bonchev–Trinajstić information content (AvgIpc) is 3.09. The van der Waals surface area contributed by atoms with Crippen LogP contribution in [0.3, 0.4) is 0 Å². The summed E-state index contributed by atoms with van der Waals surface area (Å²) in [5.74, 6) is -0.562. The van der Waals surface area contributed by atoms with Crippen molar-refractivity contribution in [1.29, 1.82) is 0 Å². The molecule has 9 heteroatoms. The van der Waals surface area contributed by atoms with Crippen molar-refractivity contribution in [3.63, 3.8) is 0 Å². The molecule has 0 aliphatic heterocycles. The average molecular weight is 740 g/mol. The van der Waals surface area contributed by atoms with E-state index in [1.807, 2.05) is 84.9 Å². The number of benzene rings is 5. The largest absolute Gasteiger partial charge is 0.496 e. The minimum Gasteiger partial charge on any atom is -0.496 e. The number of carbonyl (C=O) groups excluding carboxylic acids is 3. The lowest BCUT2D eigenvalue weighted by molar-refractivity contribution is -0.116. The highest BCUT2D eigenvalue weighted by Crippen LogP contribution is 2.37. The van der Waals surface area contributed by atoms with E-state index in [0.717, 1.165) is 14.0 Å². The zero-order chi connectivity index (χ0) is 32.3. The van der Waals surface area contributed by atoms with Gasteiger partial charge in [-0.15, -0.1) is 11.8 Å². The minimum absolute atomic E-state index is 0.0375. The van der Waals surface area contributed by atoms with Gasteiger partial charge in [-0.3, -0.25) is 14.4 Å². The van der Waals surface area contributed by atoms with Gasteiger partial charge in [0.1, 0.15) is 16.7 Å². The molecule has 1 atom stereocenters. The van der Waals surface area contributed by atoms with Gasteiger partial charge in [0.2, 0.25) is 5.91 Å². The molecule has 0 saturated carbocycles. The Hall–Kier alpha value is -4.87. The van der Waals surface area contributed by atoms with Crippen LogP contribution in [0.1, 0.15) is 26.7 Å². The second-order valence-corrected chi connectivity index (χ2v) is 12.4. The summed E-state index contributed by atoms with van der Waals surface area (Å²) in [6.07, 6.45) is 1.58. The molecule has 0 aromatic heterocycles. The molecule has 230 valence electrons. The summed E-state index contributed by atoms with van der Waals surface area (Å²) in [4.78, 5) is 41.1. The number of thioether (sulfide) groups is 1. The monoisotopic (exact) mass is 739 g/mol. The molecule has 0 radical (unpaired) electrons. The predicted molar refractivity (Wildman–Crippen MR) is 193 cm³/mol. The molecule has 0 aliphatic rings. The number of ether oxygens (including phenoxy) is 1. The number of methoxy groups -OCH3 is 1. The van der Waals surface area contributed by atoms with Crippen molar-refractivity contribution in [2.24, 2.45) is 0 Å². The third-order valence-electron chi connectivity index (χ3n) is 6.77. The van der Waals surface area contributed by atoms with E-state index in [2.05, 4.69) is 38.5 Å². The number of nitrogens with one attached hydrogen (secondary N) is 3. The second-order valence-electron chi connectivity index (χ2n) is 10.0. The van der Waals surface area contributed by atoms with Gasteiger partial charge in [0.05, 0.1) is 7.11 Å². The fourth-order valence-electron chi connectivity index (χ4n) is 4.51. The predicted octanol–water partition coefficient (Wildman–Crippen LogP) is 8.18. The molecule has 0 aliphatic carbocycles. The lowest BCUT2D eigenvalue weighted by atomic mass is 10.1. The van der Waals surface area contributed by atoms with Gasteiger partial charge in [0.15, 0.2) is 0 Å². The number of amides is 3. The number of carbonyl (C=O) groups is 3. The first-order chi connectivity index (χ1) is 22.4. The van der Waals surface area contributed by atoms with E-state index in [0.29, 0.717) is 28.3 Å². The summed E-state index contributed by atoms with van der Waals surface area (Å²) in [6.45, 7) is 0. The normalized spacial score (nSPS) is 11.7. The molecule has 0 saturated heterocycles. The Morgan fingerprint density at radius 3 is 2.13 bits per heavy atom. The summed E-state index contributed by atoms with van der Waals surface area (Å²) >= 11 is 3.59. The Bertz CT molecular complexity index is 1850. The number of hydrogen-bond acceptors (Lipinski definition) is 5. The molecule has 3 amide bonds. The van der Waals surface area contributed by atoms with Crippen LogP contribution in [0, 0.1) is 3.57 Å². The van der Waals surface area contributed by atoms with Crippen LogP contribution in [0.15, 0.2) is 144 Å². The fourth-order valence-corrected chi connectivity index (χ4v) is 5.95. The van der Waals surface area contributed by atoms with Crippen molar-refractivity contribution >= 4 is 69.5 Å². The highest BCUT2D eigenvalue weighted by atomic mass is 127. The lowest BCUT2D eigenvalue weighted by Gasteiger charge is -2.18. The van der Waals surface area contributed by atoms with E-state index in [9.17, 15) is 14.4 Å². The molecule has 0 bridgehead atoms. The highest BCUT2D eigenvalue weighted by Gasteiger charge is 2.23. The number of para-hydroxylation sites is 1. The van der Waals surface area contributed by atoms with Crippen LogP contribution in [0.5, 0.6) is 5.75 Å². The van der Waals surface area contributed by atoms with Gasteiger partial charge in [0, 0.05) is 31.0 Å². The van der Waals surface area contributed by atoms with Crippen LogP contribution in [0.4, 0.5) is 11.4 Å². The number of rotatable bonds is 11. The molecule has 0 heterocycles. The smallest absolute Gasteiger partial charge is 0.272 e. The molecule has 5 rings (SSSR count). The highest BCUT2D eigenvalue weighted by molar-refractivity contribution is 14.1. The van der Waals surface area contributed by atoms with E-state index in [4.69, 9.17) is 4.74 Å². The van der Waals surface area contributed by atoms with Gasteiger partial charge in [-0.25, -0.2) is 0 Å². The van der Waals surface area contributed by atoms with Crippen molar-refractivity contribution in [2.45, 2.75) is 10.1 Å². The molecule has 5 aromatic rings. The van der Waals surface area contributed by atoms with Gasteiger partial charge in [0.25, 0.3) is 11.8 Å². The van der Waals surface area contributed by atoms with Gasteiger partial charge in [-0.2, -0.15) is 0 Å². The number of halogens is 1. The van der Waals surface area contributed by atoms with Crippen LogP contribution in [0.2, 0.25) is 0 Å². The quantitative estimate of drug-likeness (QED) is 0.0722. The third-order valence-corrected chi connectivity index (χ3v) is 8.73. The summed E-state index contributed by atoms with van der Waals surface area (Å²) in [5, 5.41) is 8.13. The molecule has 7 nitrogen and oxygen atoms in total. The summed E-state index contributed by atoms with van der Waals surface area (Å²) in [6, 6.07) is 40.3. The maximum atomic E-state index is 13.7. The van der Waals surface area contributed by atoms with Crippen molar-refractivity contribution in [2.75, 3.05) is 17.7 Å². The summed E-state index contributed by atoms with van der Waals surface area (Å²) in [5.41, 5.74) is 3.12. The number of anilines is 2. The molecule has 5 aromatic carbocycles. The molecule has 1 unspecified atom stereocenters. The van der Waals surface area contributed by atoms with Crippen LogP contribution < -0.4 is 20.7 Å². The molecule has 3 N–H and O–H groups in total. The lowest BCUT2D eigenvalue weighted by Crippen LogP contribution is -2.30. The van der Waals surface area contributed by atoms with Gasteiger partial charge in [-0.05, 0) is 94.9 Å². The van der Waals surface area contributed by atoms with Crippen molar-refractivity contribution < 1.29 is 19.1 Å².